The first-order valence-electron chi connectivity index (χ1n) is 6.60. The van der Waals surface area contributed by atoms with Crippen LogP contribution in [-0.4, -0.2) is 36.5 Å². The standard InChI is InChI=1S/C13H27NO2/c1-10(2)14-12(8-15)9-16-13-6-4-5-11(3)7-13/h10-15H,4-9H2,1-3H3. The molecule has 96 valence electrons. The van der Waals surface area contributed by atoms with Crippen molar-refractivity contribution in [1.29, 1.82) is 0 Å². The van der Waals surface area contributed by atoms with Gasteiger partial charge in [-0.05, 0) is 18.8 Å². The highest BCUT2D eigenvalue weighted by Crippen LogP contribution is 2.25. The number of hydrogen-bond donors (Lipinski definition) is 2. The van der Waals surface area contributed by atoms with Crippen molar-refractivity contribution in [2.24, 2.45) is 5.92 Å². The minimum absolute atomic E-state index is 0.0808. The van der Waals surface area contributed by atoms with E-state index in [2.05, 4.69) is 26.1 Å². The molecule has 1 aliphatic carbocycles. The molecule has 2 N–H and O–H groups in total. The number of ether oxygens (including phenoxy) is 1. The lowest BCUT2D eigenvalue weighted by Gasteiger charge is -2.29. The molecule has 0 radical (unpaired) electrons. The maximum Gasteiger partial charge on any atom is 0.0645 e. The molecule has 0 aliphatic heterocycles. The number of hydrogen-bond acceptors (Lipinski definition) is 3. The van der Waals surface area contributed by atoms with Crippen molar-refractivity contribution >= 4 is 0 Å². The third kappa shape index (κ3) is 5.28. The van der Waals surface area contributed by atoms with Gasteiger partial charge in [0.25, 0.3) is 0 Å². The van der Waals surface area contributed by atoms with E-state index in [-0.39, 0.29) is 12.6 Å². The third-order valence-corrected chi connectivity index (χ3v) is 3.21. The van der Waals surface area contributed by atoms with Crippen LogP contribution in [0.25, 0.3) is 0 Å². The van der Waals surface area contributed by atoms with E-state index in [4.69, 9.17) is 4.74 Å². The topological polar surface area (TPSA) is 41.5 Å². The largest absolute Gasteiger partial charge is 0.395 e. The quantitative estimate of drug-likeness (QED) is 0.731. The van der Waals surface area contributed by atoms with E-state index in [9.17, 15) is 5.11 Å². The number of aliphatic hydroxyl groups excluding tert-OH is 1. The number of nitrogens with one attached hydrogen (secondary N) is 1. The molecule has 1 fully saturated rings. The molecule has 3 atom stereocenters. The first-order valence-corrected chi connectivity index (χ1v) is 6.60. The van der Waals surface area contributed by atoms with Crippen LogP contribution in [0.4, 0.5) is 0 Å². The summed E-state index contributed by atoms with van der Waals surface area (Å²) in [6.07, 6.45) is 5.40. The lowest BCUT2D eigenvalue weighted by atomic mass is 9.89. The monoisotopic (exact) mass is 229 g/mol. The van der Waals surface area contributed by atoms with Gasteiger partial charge in [-0.15, -0.1) is 0 Å². The molecular formula is C13H27NO2. The molecule has 1 aliphatic rings. The second kappa shape index (κ2) is 7.25. The SMILES string of the molecule is CC1CCCC(OCC(CO)NC(C)C)C1. The molecule has 0 aromatic carbocycles. The van der Waals surface area contributed by atoms with Gasteiger partial charge in [-0.1, -0.05) is 33.6 Å². The van der Waals surface area contributed by atoms with Gasteiger partial charge in [-0.3, -0.25) is 0 Å². The van der Waals surface area contributed by atoms with Crippen molar-refractivity contribution in [2.75, 3.05) is 13.2 Å². The zero-order valence-electron chi connectivity index (χ0n) is 10.9. The van der Waals surface area contributed by atoms with Crippen LogP contribution in [0, 0.1) is 5.92 Å². The second-order valence-corrected chi connectivity index (χ2v) is 5.43. The fourth-order valence-electron chi connectivity index (χ4n) is 2.41. The Balaban J connectivity index is 2.20. The Labute approximate surface area is 99.6 Å². The zero-order chi connectivity index (χ0) is 12.0. The first kappa shape index (κ1) is 13.9. The van der Waals surface area contributed by atoms with Gasteiger partial charge in [-0.2, -0.15) is 0 Å². The van der Waals surface area contributed by atoms with Crippen LogP contribution in [0.2, 0.25) is 0 Å². The highest BCUT2D eigenvalue weighted by atomic mass is 16.5. The summed E-state index contributed by atoms with van der Waals surface area (Å²) >= 11 is 0. The summed E-state index contributed by atoms with van der Waals surface area (Å²) < 4.78 is 5.88. The third-order valence-electron chi connectivity index (χ3n) is 3.21. The van der Waals surface area contributed by atoms with Gasteiger partial charge in [0, 0.05) is 6.04 Å². The van der Waals surface area contributed by atoms with Crippen LogP contribution in [0.15, 0.2) is 0 Å². The maximum atomic E-state index is 9.21. The summed E-state index contributed by atoms with van der Waals surface area (Å²) in [5.74, 6) is 0.796. The van der Waals surface area contributed by atoms with Crippen LogP contribution in [-0.2, 0) is 4.74 Å². The van der Waals surface area contributed by atoms with E-state index >= 15 is 0 Å². The number of rotatable bonds is 6. The van der Waals surface area contributed by atoms with Crippen molar-refractivity contribution in [2.45, 2.75) is 64.6 Å². The average Bonchev–Trinajstić information content (AvgIpc) is 2.24. The van der Waals surface area contributed by atoms with E-state index in [1.165, 1.54) is 25.7 Å². The molecule has 0 heterocycles. The first-order chi connectivity index (χ1) is 7.61. The molecule has 0 bridgehead atoms. The summed E-state index contributed by atoms with van der Waals surface area (Å²) in [5, 5.41) is 12.5. The molecule has 0 aromatic heterocycles. The van der Waals surface area contributed by atoms with Gasteiger partial charge in [0.05, 0.1) is 25.4 Å². The van der Waals surface area contributed by atoms with Crippen LogP contribution >= 0.6 is 0 Å². The van der Waals surface area contributed by atoms with Crippen LogP contribution in [0.3, 0.4) is 0 Å². The van der Waals surface area contributed by atoms with Gasteiger partial charge in [0.15, 0.2) is 0 Å². The Bertz CT molecular complexity index is 181. The van der Waals surface area contributed by atoms with Crippen molar-refractivity contribution in [1.82, 2.24) is 5.32 Å². The van der Waals surface area contributed by atoms with Crippen LogP contribution in [0.1, 0.15) is 46.5 Å². The molecule has 16 heavy (non-hydrogen) atoms. The Morgan fingerprint density at radius 1 is 1.38 bits per heavy atom. The summed E-state index contributed by atoms with van der Waals surface area (Å²) in [5.41, 5.74) is 0. The van der Waals surface area contributed by atoms with E-state index in [0.29, 0.717) is 18.8 Å². The Morgan fingerprint density at radius 2 is 2.12 bits per heavy atom. The average molecular weight is 229 g/mol. The van der Waals surface area contributed by atoms with Crippen molar-refractivity contribution in [3.05, 3.63) is 0 Å². The smallest absolute Gasteiger partial charge is 0.0645 e. The molecule has 3 unspecified atom stereocenters. The van der Waals surface area contributed by atoms with Crippen molar-refractivity contribution in [3.8, 4) is 0 Å². The number of aliphatic hydroxyl groups is 1. The minimum atomic E-state index is 0.0808. The van der Waals surface area contributed by atoms with Crippen LogP contribution < -0.4 is 5.32 Å². The predicted octanol–water partition coefficient (Wildman–Crippen LogP) is 1.94. The zero-order valence-corrected chi connectivity index (χ0v) is 10.9. The Hall–Kier alpha value is -0.120. The van der Waals surface area contributed by atoms with Gasteiger partial charge >= 0.3 is 0 Å². The summed E-state index contributed by atoms with van der Waals surface area (Å²) in [7, 11) is 0. The fraction of sp³-hybridized carbons (Fsp3) is 1.00. The minimum Gasteiger partial charge on any atom is -0.395 e. The maximum absolute atomic E-state index is 9.21. The molecule has 1 saturated carbocycles. The van der Waals surface area contributed by atoms with Crippen molar-refractivity contribution in [3.63, 3.8) is 0 Å². The van der Waals surface area contributed by atoms with E-state index in [0.717, 1.165) is 5.92 Å². The summed E-state index contributed by atoms with van der Waals surface area (Å²) in [6, 6.07) is 0.475. The lowest BCUT2D eigenvalue weighted by molar-refractivity contribution is -0.00428. The van der Waals surface area contributed by atoms with Gasteiger partial charge in [-0.25, -0.2) is 0 Å². The molecule has 1 rings (SSSR count). The summed E-state index contributed by atoms with van der Waals surface area (Å²) in [6.45, 7) is 7.26. The fourth-order valence-corrected chi connectivity index (χ4v) is 2.41. The van der Waals surface area contributed by atoms with Crippen molar-refractivity contribution < 1.29 is 9.84 Å². The van der Waals surface area contributed by atoms with E-state index in [1.807, 2.05) is 0 Å². The normalized spacial score (nSPS) is 28.3. The molecule has 0 saturated heterocycles. The van der Waals surface area contributed by atoms with E-state index in [1.54, 1.807) is 0 Å². The summed E-state index contributed by atoms with van der Waals surface area (Å²) in [4.78, 5) is 0. The molecule has 3 nitrogen and oxygen atoms in total. The van der Waals surface area contributed by atoms with Gasteiger partial charge in [0.2, 0.25) is 0 Å². The van der Waals surface area contributed by atoms with Gasteiger partial charge < -0.3 is 15.2 Å². The Morgan fingerprint density at radius 3 is 2.69 bits per heavy atom. The van der Waals surface area contributed by atoms with Crippen LogP contribution in [0.5, 0.6) is 0 Å². The molecule has 0 amide bonds. The highest BCUT2D eigenvalue weighted by molar-refractivity contribution is 4.73. The molecule has 0 spiro atoms. The van der Waals surface area contributed by atoms with E-state index < -0.39 is 0 Å². The van der Waals surface area contributed by atoms with Gasteiger partial charge in [0.1, 0.15) is 0 Å². The predicted molar refractivity (Wildman–Crippen MR) is 66.5 cm³/mol. The highest BCUT2D eigenvalue weighted by Gasteiger charge is 2.20. The molecule has 0 aromatic rings. The Kier molecular flexibility index (Phi) is 6.32. The molecule has 3 heteroatoms. The lowest BCUT2D eigenvalue weighted by Crippen LogP contribution is -2.42. The molecular weight excluding hydrogens is 202 g/mol. The second-order valence-electron chi connectivity index (χ2n) is 5.43.